The van der Waals surface area contributed by atoms with Gasteiger partial charge in [0.1, 0.15) is 10.9 Å². The Hall–Kier alpha value is -0.890. The van der Waals surface area contributed by atoms with E-state index >= 15 is 0 Å². The number of nitrogens with one attached hydrogen (secondary N) is 1. The van der Waals surface area contributed by atoms with E-state index in [9.17, 15) is 5.11 Å². The van der Waals surface area contributed by atoms with Gasteiger partial charge in [0.25, 0.3) is 0 Å². The zero-order chi connectivity index (χ0) is 12.1. The third-order valence-electron chi connectivity index (χ3n) is 3.45. The van der Waals surface area contributed by atoms with Gasteiger partial charge in [0.05, 0.1) is 0 Å². The van der Waals surface area contributed by atoms with Crippen LogP contribution in [0.1, 0.15) is 35.4 Å². The van der Waals surface area contributed by atoms with E-state index in [1.807, 2.05) is 12.1 Å². The lowest BCUT2D eigenvalue weighted by Crippen LogP contribution is -2.39. The molecule has 17 heavy (non-hydrogen) atoms. The van der Waals surface area contributed by atoms with Crippen LogP contribution < -0.4 is 5.32 Å². The lowest BCUT2D eigenvalue weighted by Gasteiger charge is -2.30. The van der Waals surface area contributed by atoms with Crippen molar-refractivity contribution in [3.05, 3.63) is 21.9 Å². The van der Waals surface area contributed by atoms with Gasteiger partial charge in [0.15, 0.2) is 0 Å². The molecule has 1 aromatic rings. The van der Waals surface area contributed by atoms with Crippen LogP contribution in [0.15, 0.2) is 12.1 Å². The molecular formula is C13H18N2OS. The summed E-state index contributed by atoms with van der Waals surface area (Å²) in [4.78, 5) is 1.97. The number of thiophene rings is 1. The summed E-state index contributed by atoms with van der Waals surface area (Å²) < 4.78 is 0. The minimum Gasteiger partial charge on any atom is -0.396 e. The Morgan fingerprint density at radius 1 is 1.41 bits per heavy atom. The monoisotopic (exact) mass is 250 g/mol. The van der Waals surface area contributed by atoms with Crippen LogP contribution in [0.4, 0.5) is 0 Å². The third-order valence-corrected chi connectivity index (χ3v) is 4.44. The summed E-state index contributed by atoms with van der Waals surface area (Å²) in [7, 11) is 0. The van der Waals surface area contributed by atoms with E-state index in [0.717, 1.165) is 24.3 Å². The van der Waals surface area contributed by atoms with Crippen molar-refractivity contribution in [3.63, 3.8) is 0 Å². The molecule has 0 saturated heterocycles. The number of hydrogen-bond donors (Lipinski definition) is 2. The molecule has 1 fully saturated rings. The van der Waals surface area contributed by atoms with Gasteiger partial charge in [0.2, 0.25) is 0 Å². The van der Waals surface area contributed by atoms with Crippen molar-refractivity contribution in [1.82, 2.24) is 5.32 Å². The van der Waals surface area contributed by atoms with Crippen molar-refractivity contribution in [2.75, 3.05) is 6.61 Å². The molecule has 2 unspecified atom stereocenters. The Morgan fingerprint density at radius 3 is 2.94 bits per heavy atom. The maximum Gasteiger partial charge on any atom is 0.110 e. The molecule has 0 bridgehead atoms. The van der Waals surface area contributed by atoms with E-state index in [1.165, 1.54) is 17.7 Å². The molecule has 4 heteroatoms. The molecule has 1 aromatic heterocycles. The number of hydrogen-bond acceptors (Lipinski definition) is 4. The first kappa shape index (κ1) is 12.6. The van der Waals surface area contributed by atoms with Crippen molar-refractivity contribution >= 4 is 11.3 Å². The second-order valence-corrected chi connectivity index (χ2v) is 5.76. The van der Waals surface area contributed by atoms with Gasteiger partial charge in [-0.3, -0.25) is 0 Å². The van der Waals surface area contributed by atoms with Gasteiger partial charge in [-0.25, -0.2) is 0 Å². The van der Waals surface area contributed by atoms with Crippen molar-refractivity contribution in [2.24, 2.45) is 5.92 Å². The first-order valence-electron chi connectivity index (χ1n) is 6.16. The molecule has 1 saturated carbocycles. The molecule has 0 aliphatic heterocycles. The van der Waals surface area contributed by atoms with Gasteiger partial charge in [0, 0.05) is 24.1 Å². The summed E-state index contributed by atoms with van der Waals surface area (Å²) >= 11 is 1.54. The maximum atomic E-state index is 9.32. The van der Waals surface area contributed by atoms with Crippen molar-refractivity contribution in [2.45, 2.75) is 38.3 Å². The van der Waals surface area contributed by atoms with Gasteiger partial charge in [-0.1, -0.05) is 12.8 Å². The maximum absolute atomic E-state index is 9.32. The normalized spacial score (nSPS) is 24.5. The van der Waals surface area contributed by atoms with Crippen molar-refractivity contribution in [1.29, 1.82) is 5.26 Å². The van der Waals surface area contributed by atoms with Gasteiger partial charge in [-0.05, 0) is 30.9 Å². The van der Waals surface area contributed by atoms with Crippen molar-refractivity contribution < 1.29 is 5.11 Å². The first-order chi connectivity index (χ1) is 8.33. The SMILES string of the molecule is N#Cc1ccc(CNC2CCCCC2CO)s1. The second-order valence-electron chi connectivity index (χ2n) is 4.59. The van der Waals surface area contributed by atoms with Crippen LogP contribution in [0, 0.1) is 17.2 Å². The second kappa shape index (κ2) is 6.15. The predicted molar refractivity (Wildman–Crippen MR) is 68.7 cm³/mol. The van der Waals surface area contributed by atoms with E-state index in [2.05, 4.69) is 11.4 Å². The standard InChI is InChI=1S/C13H18N2OS/c14-7-11-5-6-12(17-11)8-15-13-4-2-1-3-10(13)9-16/h5-6,10,13,15-16H,1-4,8-9H2. The summed E-state index contributed by atoms with van der Waals surface area (Å²) in [6.45, 7) is 1.10. The zero-order valence-corrected chi connectivity index (χ0v) is 10.7. The fourth-order valence-corrected chi connectivity index (χ4v) is 3.22. The van der Waals surface area contributed by atoms with Crippen LogP contribution in [0.3, 0.4) is 0 Å². The molecule has 2 atom stereocenters. The van der Waals surface area contributed by atoms with Crippen LogP contribution >= 0.6 is 11.3 Å². The largest absolute Gasteiger partial charge is 0.396 e. The molecule has 92 valence electrons. The molecule has 0 aromatic carbocycles. The number of nitrogens with zero attached hydrogens (tertiary/aromatic N) is 1. The van der Waals surface area contributed by atoms with E-state index in [4.69, 9.17) is 5.26 Å². The molecule has 0 radical (unpaired) electrons. The molecule has 0 spiro atoms. The molecule has 2 N–H and O–H groups in total. The van der Waals surface area contributed by atoms with Crippen LogP contribution in [0.2, 0.25) is 0 Å². The Labute approximate surface area is 106 Å². The molecular weight excluding hydrogens is 232 g/mol. The summed E-state index contributed by atoms with van der Waals surface area (Å²) in [6, 6.07) is 6.46. The van der Waals surface area contributed by atoms with E-state index in [-0.39, 0.29) is 6.61 Å². The highest BCUT2D eigenvalue weighted by molar-refractivity contribution is 7.12. The zero-order valence-electron chi connectivity index (χ0n) is 9.85. The quantitative estimate of drug-likeness (QED) is 0.862. The van der Waals surface area contributed by atoms with Crippen LogP contribution in [0.5, 0.6) is 0 Å². The average Bonchev–Trinajstić information content (AvgIpc) is 2.84. The summed E-state index contributed by atoms with van der Waals surface area (Å²) in [5.74, 6) is 0.402. The minimum atomic E-state index is 0.283. The summed E-state index contributed by atoms with van der Waals surface area (Å²) in [5, 5.41) is 21.6. The lowest BCUT2D eigenvalue weighted by atomic mass is 9.85. The molecule has 1 heterocycles. The molecule has 3 nitrogen and oxygen atoms in total. The first-order valence-corrected chi connectivity index (χ1v) is 6.98. The number of rotatable bonds is 4. The molecule has 1 aliphatic carbocycles. The number of nitriles is 1. The minimum absolute atomic E-state index is 0.283. The van der Waals surface area contributed by atoms with Crippen LogP contribution in [0.25, 0.3) is 0 Å². The Kier molecular flexibility index (Phi) is 4.55. The Balaban J connectivity index is 1.86. The summed E-state index contributed by atoms with van der Waals surface area (Å²) in [6.07, 6.45) is 4.77. The average molecular weight is 250 g/mol. The predicted octanol–water partition coefficient (Wildman–Crippen LogP) is 2.26. The summed E-state index contributed by atoms with van der Waals surface area (Å²) in [5.41, 5.74) is 0. The topological polar surface area (TPSA) is 56.0 Å². The fourth-order valence-electron chi connectivity index (χ4n) is 2.46. The Morgan fingerprint density at radius 2 is 2.24 bits per heavy atom. The van der Waals surface area contributed by atoms with Crippen LogP contribution in [-0.2, 0) is 6.54 Å². The molecule has 0 amide bonds. The highest BCUT2D eigenvalue weighted by atomic mass is 32.1. The van der Waals surface area contributed by atoms with Gasteiger partial charge >= 0.3 is 0 Å². The van der Waals surface area contributed by atoms with Gasteiger partial charge in [-0.2, -0.15) is 5.26 Å². The van der Waals surface area contributed by atoms with E-state index in [0.29, 0.717) is 12.0 Å². The highest BCUT2D eigenvalue weighted by Gasteiger charge is 2.23. The number of aliphatic hydroxyl groups is 1. The smallest absolute Gasteiger partial charge is 0.110 e. The highest BCUT2D eigenvalue weighted by Crippen LogP contribution is 2.24. The van der Waals surface area contributed by atoms with Gasteiger partial charge < -0.3 is 10.4 Å². The number of aliphatic hydroxyl groups excluding tert-OH is 1. The molecule has 1 aliphatic rings. The Bertz CT molecular complexity index is 396. The third kappa shape index (κ3) is 3.29. The van der Waals surface area contributed by atoms with Crippen molar-refractivity contribution in [3.8, 4) is 6.07 Å². The van der Waals surface area contributed by atoms with Crippen LogP contribution in [-0.4, -0.2) is 17.8 Å². The lowest BCUT2D eigenvalue weighted by molar-refractivity contribution is 0.152. The van der Waals surface area contributed by atoms with E-state index < -0.39 is 0 Å². The van der Waals surface area contributed by atoms with E-state index in [1.54, 1.807) is 11.3 Å². The molecule has 2 rings (SSSR count). The van der Waals surface area contributed by atoms with Gasteiger partial charge in [-0.15, -0.1) is 11.3 Å². The fraction of sp³-hybridized carbons (Fsp3) is 0.615.